The number of aliphatic hydroxyl groups is 1. The second-order valence-electron chi connectivity index (χ2n) is 4.33. The highest BCUT2D eigenvalue weighted by molar-refractivity contribution is 7.99. The molecule has 1 rings (SSSR count). The minimum Gasteiger partial charge on any atom is -0.387 e. The first-order valence-electron chi connectivity index (χ1n) is 6.51. The van der Waals surface area contributed by atoms with Gasteiger partial charge in [-0.3, -0.25) is 0 Å². The summed E-state index contributed by atoms with van der Waals surface area (Å²) in [5.74, 6) is 1.13. The summed E-state index contributed by atoms with van der Waals surface area (Å²) in [6.45, 7) is 2.75. The highest BCUT2D eigenvalue weighted by Crippen LogP contribution is 2.23. The molecule has 102 valence electrons. The molecule has 0 saturated carbocycles. The van der Waals surface area contributed by atoms with Gasteiger partial charge in [0.15, 0.2) is 0 Å². The lowest BCUT2D eigenvalue weighted by atomic mass is 10.00. The number of likely N-dealkylation sites (N-methyl/N-ethyl adjacent to an activating group) is 1. The van der Waals surface area contributed by atoms with Gasteiger partial charge in [-0.05, 0) is 49.9 Å². The predicted molar refractivity (Wildman–Crippen MR) is 78.9 cm³/mol. The summed E-state index contributed by atoms with van der Waals surface area (Å²) >= 11 is 1.85. The molecule has 0 aromatic heterocycles. The number of thioether (sulfide) groups is 1. The summed E-state index contributed by atoms with van der Waals surface area (Å²) in [5, 5.41) is 13.4. The first kappa shape index (κ1) is 15.5. The van der Waals surface area contributed by atoms with Gasteiger partial charge in [0.25, 0.3) is 0 Å². The van der Waals surface area contributed by atoms with E-state index in [-0.39, 0.29) is 6.04 Å². The minimum absolute atomic E-state index is 0.0177. The molecule has 1 aromatic rings. The smallest absolute Gasteiger partial charge is 0.0943 e. The number of aliphatic hydroxyl groups excluding tert-OH is 1. The van der Waals surface area contributed by atoms with Crippen LogP contribution in [0.15, 0.2) is 29.2 Å². The first-order valence-corrected chi connectivity index (χ1v) is 7.49. The molecule has 0 aliphatic carbocycles. The molecule has 0 aliphatic rings. The lowest BCUT2D eigenvalue weighted by molar-refractivity contribution is 0.129. The van der Waals surface area contributed by atoms with Crippen molar-refractivity contribution in [3.8, 4) is 0 Å². The standard InChI is InChI=1S/C14H24N2OS/c1-3-10-18-12-6-4-11(5-7-12)14(17)13(16-2)8-9-15/h4-7,13-14,16-17H,3,8-10,15H2,1-2H3. The maximum atomic E-state index is 10.3. The van der Waals surface area contributed by atoms with Crippen LogP contribution in [0.5, 0.6) is 0 Å². The molecule has 4 N–H and O–H groups in total. The maximum Gasteiger partial charge on any atom is 0.0943 e. The lowest BCUT2D eigenvalue weighted by Gasteiger charge is -2.22. The molecule has 0 bridgehead atoms. The molecule has 2 atom stereocenters. The van der Waals surface area contributed by atoms with E-state index in [2.05, 4.69) is 24.4 Å². The summed E-state index contributed by atoms with van der Waals surface area (Å²) in [6.07, 6.45) is 1.45. The summed E-state index contributed by atoms with van der Waals surface area (Å²) < 4.78 is 0. The van der Waals surface area contributed by atoms with Crippen LogP contribution in [0.2, 0.25) is 0 Å². The van der Waals surface area contributed by atoms with Crippen LogP contribution in [0.1, 0.15) is 31.4 Å². The van der Waals surface area contributed by atoms with Crippen LogP contribution in [0, 0.1) is 0 Å². The fourth-order valence-electron chi connectivity index (χ4n) is 1.85. The van der Waals surface area contributed by atoms with Crippen molar-refractivity contribution >= 4 is 11.8 Å². The number of hydrogen-bond acceptors (Lipinski definition) is 4. The van der Waals surface area contributed by atoms with Gasteiger partial charge in [0.2, 0.25) is 0 Å². The highest BCUT2D eigenvalue weighted by atomic mass is 32.2. The van der Waals surface area contributed by atoms with E-state index in [1.165, 1.54) is 11.3 Å². The predicted octanol–water partition coefficient (Wildman–Crippen LogP) is 2.16. The van der Waals surface area contributed by atoms with Gasteiger partial charge in [-0.15, -0.1) is 11.8 Å². The third kappa shape index (κ3) is 4.61. The van der Waals surface area contributed by atoms with E-state index in [9.17, 15) is 5.11 Å². The Bertz CT molecular complexity index is 329. The van der Waals surface area contributed by atoms with E-state index in [1.54, 1.807) is 0 Å². The zero-order chi connectivity index (χ0) is 13.4. The Kier molecular flexibility index (Phi) is 7.35. The molecule has 0 amide bonds. The number of benzene rings is 1. The lowest BCUT2D eigenvalue weighted by Crippen LogP contribution is -2.34. The van der Waals surface area contributed by atoms with E-state index >= 15 is 0 Å². The molecule has 0 fully saturated rings. The Morgan fingerprint density at radius 2 is 2.00 bits per heavy atom. The average Bonchev–Trinajstić information content (AvgIpc) is 2.42. The summed E-state index contributed by atoms with van der Waals surface area (Å²) in [6, 6.07) is 8.18. The van der Waals surface area contributed by atoms with Crippen molar-refractivity contribution in [1.82, 2.24) is 5.32 Å². The fourth-order valence-corrected chi connectivity index (χ4v) is 2.62. The second kappa shape index (κ2) is 8.53. The van der Waals surface area contributed by atoms with Crippen LogP contribution in [-0.2, 0) is 0 Å². The van der Waals surface area contributed by atoms with Crippen LogP contribution in [-0.4, -0.2) is 30.5 Å². The molecule has 0 aliphatic heterocycles. The molecular formula is C14H24N2OS. The van der Waals surface area contributed by atoms with Crippen molar-refractivity contribution in [2.75, 3.05) is 19.3 Å². The molecule has 1 aromatic carbocycles. The van der Waals surface area contributed by atoms with Gasteiger partial charge in [0, 0.05) is 10.9 Å². The normalized spacial score (nSPS) is 14.4. The second-order valence-corrected chi connectivity index (χ2v) is 5.50. The SMILES string of the molecule is CCCSc1ccc(C(O)C(CCN)NC)cc1. The number of rotatable bonds is 8. The van der Waals surface area contributed by atoms with E-state index in [0.717, 1.165) is 17.7 Å². The topological polar surface area (TPSA) is 58.3 Å². The van der Waals surface area contributed by atoms with Gasteiger partial charge < -0.3 is 16.2 Å². The van der Waals surface area contributed by atoms with Gasteiger partial charge >= 0.3 is 0 Å². The largest absolute Gasteiger partial charge is 0.387 e. The molecule has 3 nitrogen and oxygen atoms in total. The van der Waals surface area contributed by atoms with Crippen molar-refractivity contribution < 1.29 is 5.11 Å². The molecule has 0 saturated heterocycles. The Morgan fingerprint density at radius 1 is 1.33 bits per heavy atom. The van der Waals surface area contributed by atoms with Crippen molar-refractivity contribution in [3.05, 3.63) is 29.8 Å². The maximum absolute atomic E-state index is 10.3. The van der Waals surface area contributed by atoms with E-state index in [1.807, 2.05) is 30.9 Å². The summed E-state index contributed by atoms with van der Waals surface area (Å²) in [7, 11) is 1.86. The van der Waals surface area contributed by atoms with Crippen LogP contribution in [0.3, 0.4) is 0 Å². The molecule has 2 unspecified atom stereocenters. The third-order valence-electron chi connectivity index (χ3n) is 2.92. The molecule has 0 spiro atoms. The van der Waals surface area contributed by atoms with E-state index < -0.39 is 6.10 Å². The van der Waals surface area contributed by atoms with Gasteiger partial charge in [-0.2, -0.15) is 0 Å². The molecule has 4 heteroatoms. The summed E-state index contributed by atoms with van der Waals surface area (Å²) in [4.78, 5) is 1.26. The first-order chi connectivity index (χ1) is 8.72. The Hall–Kier alpha value is -0.550. The van der Waals surface area contributed by atoms with Crippen molar-refractivity contribution in [2.24, 2.45) is 5.73 Å². The van der Waals surface area contributed by atoms with E-state index in [4.69, 9.17) is 5.73 Å². The minimum atomic E-state index is -0.497. The molecule has 0 heterocycles. The number of nitrogens with one attached hydrogen (secondary N) is 1. The van der Waals surface area contributed by atoms with Gasteiger partial charge in [-0.25, -0.2) is 0 Å². The molecule has 18 heavy (non-hydrogen) atoms. The average molecular weight is 268 g/mol. The Labute approximate surface area is 114 Å². The quantitative estimate of drug-likeness (QED) is 0.632. The fraction of sp³-hybridized carbons (Fsp3) is 0.571. The van der Waals surface area contributed by atoms with Crippen LogP contribution in [0.4, 0.5) is 0 Å². The number of hydrogen-bond donors (Lipinski definition) is 3. The number of nitrogens with two attached hydrogens (primary N) is 1. The van der Waals surface area contributed by atoms with Crippen molar-refractivity contribution in [1.29, 1.82) is 0 Å². The van der Waals surface area contributed by atoms with E-state index in [0.29, 0.717) is 6.54 Å². The van der Waals surface area contributed by atoms with Gasteiger partial charge in [-0.1, -0.05) is 19.1 Å². The van der Waals surface area contributed by atoms with Crippen LogP contribution >= 0.6 is 11.8 Å². The van der Waals surface area contributed by atoms with Gasteiger partial charge in [0.1, 0.15) is 0 Å². The molecule has 0 radical (unpaired) electrons. The van der Waals surface area contributed by atoms with Crippen LogP contribution < -0.4 is 11.1 Å². The third-order valence-corrected chi connectivity index (χ3v) is 4.14. The van der Waals surface area contributed by atoms with Crippen LogP contribution in [0.25, 0.3) is 0 Å². The van der Waals surface area contributed by atoms with Crippen molar-refractivity contribution in [2.45, 2.75) is 36.8 Å². The Morgan fingerprint density at radius 3 is 2.50 bits per heavy atom. The highest BCUT2D eigenvalue weighted by Gasteiger charge is 2.18. The molecular weight excluding hydrogens is 244 g/mol. The Balaban J connectivity index is 2.65. The van der Waals surface area contributed by atoms with Crippen molar-refractivity contribution in [3.63, 3.8) is 0 Å². The zero-order valence-electron chi connectivity index (χ0n) is 11.2. The van der Waals surface area contributed by atoms with Gasteiger partial charge in [0.05, 0.1) is 6.10 Å². The summed E-state index contributed by atoms with van der Waals surface area (Å²) in [5.41, 5.74) is 6.49. The monoisotopic (exact) mass is 268 g/mol. The zero-order valence-corrected chi connectivity index (χ0v) is 12.0.